The van der Waals surface area contributed by atoms with Gasteiger partial charge in [-0.15, -0.1) is 0 Å². The lowest BCUT2D eigenvalue weighted by atomic mass is 10.0. The minimum absolute atomic E-state index is 0.139. The van der Waals surface area contributed by atoms with E-state index in [9.17, 15) is 9.59 Å². The lowest BCUT2D eigenvalue weighted by Crippen LogP contribution is -2.31. The lowest BCUT2D eigenvalue weighted by Gasteiger charge is -2.11. The molecule has 0 spiro atoms. The molecule has 6 nitrogen and oxygen atoms in total. The Bertz CT molecular complexity index is 467. The normalized spacial score (nSPS) is 19.8. The van der Waals surface area contributed by atoms with E-state index in [1.54, 1.807) is 13.0 Å². The number of imide groups is 1. The molecule has 1 fully saturated rings. The minimum Gasteiger partial charge on any atom is -0.359 e. The largest absolute Gasteiger partial charge is 0.359 e. The number of amides is 3. The molecule has 1 aliphatic rings. The molecule has 1 saturated heterocycles. The third kappa shape index (κ3) is 2.52. The molecule has 1 unspecified atom stereocenters. The van der Waals surface area contributed by atoms with Gasteiger partial charge in [-0.1, -0.05) is 19.0 Å². The highest BCUT2D eigenvalue weighted by Gasteiger charge is 2.38. The fourth-order valence-corrected chi connectivity index (χ4v) is 2.00. The third-order valence-electron chi connectivity index (χ3n) is 2.80. The summed E-state index contributed by atoms with van der Waals surface area (Å²) in [5, 5.41) is 6.42. The van der Waals surface area contributed by atoms with Crippen LogP contribution in [0, 0.1) is 12.8 Å². The molecule has 1 aliphatic heterocycles. The van der Waals surface area contributed by atoms with E-state index in [-0.39, 0.29) is 18.5 Å². The summed E-state index contributed by atoms with van der Waals surface area (Å²) < 4.78 is 5.02. The van der Waals surface area contributed by atoms with Gasteiger partial charge in [-0.25, -0.2) is 4.79 Å². The Morgan fingerprint density at radius 3 is 2.78 bits per heavy atom. The molecule has 2 rings (SSSR count). The van der Waals surface area contributed by atoms with Crippen molar-refractivity contribution in [2.45, 2.75) is 39.8 Å². The van der Waals surface area contributed by atoms with E-state index in [1.807, 2.05) is 13.8 Å². The summed E-state index contributed by atoms with van der Waals surface area (Å²) in [4.78, 5) is 24.9. The summed E-state index contributed by atoms with van der Waals surface area (Å²) in [7, 11) is 0. The molecule has 1 aromatic heterocycles. The molecule has 0 aromatic carbocycles. The van der Waals surface area contributed by atoms with Crippen LogP contribution in [0.4, 0.5) is 4.79 Å². The number of aromatic nitrogens is 1. The van der Waals surface area contributed by atoms with Crippen LogP contribution < -0.4 is 5.32 Å². The van der Waals surface area contributed by atoms with Crippen molar-refractivity contribution in [3.63, 3.8) is 0 Å². The number of nitrogens with zero attached hydrogens (tertiary/aromatic N) is 2. The van der Waals surface area contributed by atoms with Gasteiger partial charge in [0.2, 0.25) is 0 Å². The van der Waals surface area contributed by atoms with Gasteiger partial charge in [0, 0.05) is 6.07 Å². The topological polar surface area (TPSA) is 75.4 Å². The molecule has 0 saturated carbocycles. The number of hydrogen-bond donors (Lipinski definition) is 1. The van der Waals surface area contributed by atoms with Crippen molar-refractivity contribution in [2.75, 3.05) is 0 Å². The maximum Gasteiger partial charge on any atom is 0.325 e. The first-order valence-corrected chi connectivity index (χ1v) is 6.01. The van der Waals surface area contributed by atoms with Crippen LogP contribution >= 0.6 is 0 Å². The van der Waals surface area contributed by atoms with Crippen LogP contribution in [0.2, 0.25) is 0 Å². The van der Waals surface area contributed by atoms with Crippen LogP contribution in [0.3, 0.4) is 0 Å². The number of urea groups is 1. The summed E-state index contributed by atoms with van der Waals surface area (Å²) in [5.41, 5.74) is 0.732. The summed E-state index contributed by atoms with van der Waals surface area (Å²) in [6.07, 6.45) is 0.649. The highest BCUT2D eigenvalue weighted by atomic mass is 16.5. The van der Waals surface area contributed by atoms with E-state index in [0.717, 1.165) is 5.69 Å². The Morgan fingerprint density at radius 2 is 2.22 bits per heavy atom. The third-order valence-corrected chi connectivity index (χ3v) is 2.80. The lowest BCUT2D eigenvalue weighted by molar-refractivity contribution is -0.128. The van der Waals surface area contributed by atoms with E-state index in [4.69, 9.17) is 4.52 Å². The van der Waals surface area contributed by atoms with Crippen LogP contribution in [0.15, 0.2) is 10.6 Å². The van der Waals surface area contributed by atoms with Gasteiger partial charge >= 0.3 is 6.03 Å². The van der Waals surface area contributed by atoms with Crippen LogP contribution in [-0.2, 0) is 11.3 Å². The molecule has 2 heterocycles. The molecule has 1 N–H and O–H groups in total. The minimum atomic E-state index is -0.415. The first-order chi connectivity index (χ1) is 8.47. The van der Waals surface area contributed by atoms with E-state index in [0.29, 0.717) is 18.1 Å². The van der Waals surface area contributed by atoms with E-state index in [1.165, 1.54) is 4.90 Å². The fraction of sp³-hybridized carbons (Fsp3) is 0.583. The molecule has 6 heteroatoms. The number of nitrogens with one attached hydrogen (secondary N) is 1. The van der Waals surface area contributed by atoms with Crippen molar-refractivity contribution >= 4 is 11.9 Å². The van der Waals surface area contributed by atoms with Gasteiger partial charge in [0.25, 0.3) is 5.91 Å². The summed E-state index contributed by atoms with van der Waals surface area (Å²) in [6, 6.07) is 0.942. The smallest absolute Gasteiger partial charge is 0.325 e. The van der Waals surface area contributed by atoms with E-state index >= 15 is 0 Å². The molecule has 1 atom stereocenters. The monoisotopic (exact) mass is 251 g/mol. The molecule has 0 bridgehead atoms. The molecule has 0 radical (unpaired) electrons. The molecule has 0 aliphatic carbocycles. The first-order valence-electron chi connectivity index (χ1n) is 6.01. The van der Waals surface area contributed by atoms with Gasteiger partial charge in [0.15, 0.2) is 5.76 Å². The van der Waals surface area contributed by atoms with Crippen molar-refractivity contribution in [1.29, 1.82) is 0 Å². The molecular formula is C12H17N3O3. The summed E-state index contributed by atoms with van der Waals surface area (Å²) >= 11 is 0. The van der Waals surface area contributed by atoms with Gasteiger partial charge in [-0.05, 0) is 19.3 Å². The van der Waals surface area contributed by atoms with Crippen LogP contribution in [0.1, 0.15) is 31.7 Å². The van der Waals surface area contributed by atoms with E-state index < -0.39 is 6.04 Å². The number of rotatable bonds is 4. The van der Waals surface area contributed by atoms with Crippen LogP contribution in [-0.4, -0.2) is 28.0 Å². The molecule has 98 valence electrons. The predicted octanol–water partition coefficient (Wildman–Crippen LogP) is 1.45. The maximum absolute atomic E-state index is 12.0. The first kappa shape index (κ1) is 12.6. The molecule has 18 heavy (non-hydrogen) atoms. The summed E-state index contributed by atoms with van der Waals surface area (Å²) in [5.74, 6) is 0.677. The molecule has 1 aromatic rings. The van der Waals surface area contributed by atoms with Crippen molar-refractivity contribution in [3.05, 3.63) is 17.5 Å². The van der Waals surface area contributed by atoms with Crippen molar-refractivity contribution < 1.29 is 14.1 Å². The Balaban J connectivity index is 2.05. The summed E-state index contributed by atoms with van der Waals surface area (Å²) in [6.45, 7) is 5.96. The number of carbonyl (C=O) groups excluding carboxylic acids is 2. The van der Waals surface area contributed by atoms with Gasteiger partial charge < -0.3 is 9.84 Å². The second kappa shape index (κ2) is 4.80. The molecule has 3 amide bonds. The standard InChI is InChI=1S/C12H17N3O3/c1-7(2)4-10-11(16)15(12(17)13-10)6-9-5-8(3)14-18-9/h5,7,10H,4,6H2,1-3H3,(H,13,17). The van der Waals surface area contributed by atoms with Gasteiger partial charge in [-0.2, -0.15) is 0 Å². The van der Waals surface area contributed by atoms with E-state index in [2.05, 4.69) is 10.5 Å². The maximum atomic E-state index is 12.0. The fourth-order valence-electron chi connectivity index (χ4n) is 2.00. The Kier molecular flexibility index (Phi) is 3.36. The molecular weight excluding hydrogens is 234 g/mol. The zero-order valence-electron chi connectivity index (χ0n) is 10.8. The van der Waals surface area contributed by atoms with Gasteiger partial charge in [0.1, 0.15) is 6.04 Å². The zero-order chi connectivity index (χ0) is 13.3. The number of hydrogen-bond acceptors (Lipinski definition) is 4. The Hall–Kier alpha value is -1.85. The Labute approximate surface area is 105 Å². The van der Waals surface area contributed by atoms with Crippen molar-refractivity contribution in [2.24, 2.45) is 5.92 Å². The second-order valence-corrected chi connectivity index (χ2v) is 4.99. The van der Waals surface area contributed by atoms with Gasteiger partial charge in [-0.3, -0.25) is 9.69 Å². The quantitative estimate of drug-likeness (QED) is 0.822. The number of aryl methyl sites for hydroxylation is 1. The second-order valence-electron chi connectivity index (χ2n) is 4.99. The van der Waals surface area contributed by atoms with Crippen LogP contribution in [0.5, 0.6) is 0 Å². The van der Waals surface area contributed by atoms with Crippen LogP contribution in [0.25, 0.3) is 0 Å². The Morgan fingerprint density at radius 1 is 1.50 bits per heavy atom. The zero-order valence-corrected chi connectivity index (χ0v) is 10.8. The van der Waals surface area contributed by atoms with Crippen molar-refractivity contribution in [1.82, 2.24) is 15.4 Å². The number of carbonyl (C=O) groups is 2. The van der Waals surface area contributed by atoms with Crippen molar-refractivity contribution in [3.8, 4) is 0 Å². The average molecular weight is 251 g/mol. The highest BCUT2D eigenvalue weighted by molar-refractivity contribution is 6.04. The SMILES string of the molecule is Cc1cc(CN2C(=O)NC(CC(C)C)C2=O)on1. The predicted molar refractivity (Wildman–Crippen MR) is 63.6 cm³/mol. The highest BCUT2D eigenvalue weighted by Crippen LogP contribution is 2.17. The van der Waals surface area contributed by atoms with Gasteiger partial charge in [0.05, 0.1) is 12.2 Å². The average Bonchev–Trinajstić information content (AvgIpc) is 2.78.